The van der Waals surface area contributed by atoms with Gasteiger partial charge in [0.05, 0.1) is 12.1 Å². The molecule has 0 aliphatic rings. The zero-order valence-corrected chi connectivity index (χ0v) is 6.85. The predicted molar refractivity (Wildman–Crippen MR) is 45.9 cm³/mol. The highest BCUT2D eigenvalue weighted by molar-refractivity contribution is 6.31. The van der Waals surface area contributed by atoms with Crippen LogP contribution in [0.25, 0.3) is 0 Å². The molecule has 0 radical (unpaired) electrons. The summed E-state index contributed by atoms with van der Waals surface area (Å²) in [6.45, 7) is 0. The van der Waals surface area contributed by atoms with Crippen molar-refractivity contribution in [3.8, 4) is 18.1 Å². The van der Waals surface area contributed by atoms with E-state index in [9.17, 15) is 0 Å². The molecule has 0 fully saturated rings. The highest BCUT2D eigenvalue weighted by atomic mass is 35.5. The number of methoxy groups -OCH3 is 1. The molecule has 1 rings (SSSR count). The molecule has 0 amide bonds. The van der Waals surface area contributed by atoms with Gasteiger partial charge in [0, 0.05) is 5.56 Å². The molecule has 0 N–H and O–H groups in total. The molecule has 1 aromatic rings. The molecule has 0 saturated carbocycles. The van der Waals surface area contributed by atoms with Crippen LogP contribution in [0, 0.1) is 12.3 Å². The zero-order valence-electron chi connectivity index (χ0n) is 6.10. The zero-order chi connectivity index (χ0) is 8.27. The Kier molecular flexibility index (Phi) is 2.40. The number of halogens is 1. The van der Waals surface area contributed by atoms with Crippen molar-refractivity contribution in [1.29, 1.82) is 0 Å². The van der Waals surface area contributed by atoms with Crippen molar-refractivity contribution in [2.75, 3.05) is 7.11 Å². The number of benzene rings is 1. The molecule has 1 aromatic carbocycles. The predicted octanol–water partition coefficient (Wildman–Crippen LogP) is 2.33. The monoisotopic (exact) mass is 166 g/mol. The largest absolute Gasteiger partial charge is 0.497 e. The van der Waals surface area contributed by atoms with Gasteiger partial charge in [0.15, 0.2) is 0 Å². The first-order chi connectivity index (χ1) is 5.27. The first-order valence-electron chi connectivity index (χ1n) is 3.08. The lowest BCUT2D eigenvalue weighted by atomic mass is 10.2. The molecule has 56 valence electrons. The molecular formula is C9H7ClO. The summed E-state index contributed by atoms with van der Waals surface area (Å²) >= 11 is 5.76. The summed E-state index contributed by atoms with van der Waals surface area (Å²) in [7, 11) is 1.59. The van der Waals surface area contributed by atoms with Crippen molar-refractivity contribution in [2.45, 2.75) is 0 Å². The highest BCUT2D eigenvalue weighted by Crippen LogP contribution is 2.20. The average Bonchev–Trinajstić information content (AvgIpc) is 2.05. The van der Waals surface area contributed by atoms with E-state index in [1.807, 2.05) is 0 Å². The second kappa shape index (κ2) is 3.32. The molecule has 0 aliphatic carbocycles. The normalized spacial score (nSPS) is 8.82. The molecule has 1 nitrogen and oxygen atoms in total. The van der Waals surface area contributed by atoms with Gasteiger partial charge in [-0.3, -0.25) is 0 Å². The van der Waals surface area contributed by atoms with Gasteiger partial charge in [-0.1, -0.05) is 17.5 Å². The third-order valence-corrected chi connectivity index (χ3v) is 1.66. The summed E-state index contributed by atoms with van der Waals surface area (Å²) in [6, 6.07) is 5.21. The molecule has 11 heavy (non-hydrogen) atoms. The van der Waals surface area contributed by atoms with Gasteiger partial charge in [0.1, 0.15) is 5.75 Å². The summed E-state index contributed by atoms with van der Waals surface area (Å²) in [5.41, 5.74) is 0.658. The first kappa shape index (κ1) is 7.97. The fourth-order valence-electron chi connectivity index (χ4n) is 0.742. The Hall–Kier alpha value is -1.13. The maximum atomic E-state index is 5.76. The summed E-state index contributed by atoms with van der Waals surface area (Å²) in [4.78, 5) is 0. The standard InChI is InChI=1S/C9H7ClO/c1-3-7-6-8(11-2)4-5-9(7)10/h1,4-6H,2H3. The molecule has 2 heteroatoms. The SMILES string of the molecule is C#Cc1cc(OC)ccc1Cl. The first-order valence-corrected chi connectivity index (χ1v) is 3.46. The van der Waals surface area contributed by atoms with Gasteiger partial charge in [-0.05, 0) is 18.2 Å². The molecule has 0 heterocycles. The van der Waals surface area contributed by atoms with E-state index in [0.29, 0.717) is 10.6 Å². The summed E-state index contributed by atoms with van der Waals surface area (Å²) < 4.78 is 4.96. The molecule has 0 spiro atoms. The van der Waals surface area contributed by atoms with Crippen LogP contribution in [0.4, 0.5) is 0 Å². The van der Waals surface area contributed by atoms with E-state index in [0.717, 1.165) is 5.75 Å². The van der Waals surface area contributed by atoms with E-state index in [2.05, 4.69) is 5.92 Å². The van der Waals surface area contributed by atoms with Crippen molar-refractivity contribution in [3.63, 3.8) is 0 Å². The van der Waals surface area contributed by atoms with Crippen LogP contribution in [0.3, 0.4) is 0 Å². The van der Waals surface area contributed by atoms with Crippen molar-refractivity contribution >= 4 is 11.6 Å². The lowest BCUT2D eigenvalue weighted by Crippen LogP contribution is -1.83. The van der Waals surface area contributed by atoms with E-state index >= 15 is 0 Å². The Balaban J connectivity index is 3.15. The van der Waals surface area contributed by atoms with E-state index in [4.69, 9.17) is 22.8 Å². The molecule has 0 aliphatic heterocycles. The van der Waals surface area contributed by atoms with Gasteiger partial charge in [-0.2, -0.15) is 0 Å². The minimum absolute atomic E-state index is 0.577. The molecule has 0 unspecified atom stereocenters. The van der Waals surface area contributed by atoms with Crippen molar-refractivity contribution in [1.82, 2.24) is 0 Å². The quantitative estimate of drug-likeness (QED) is 0.582. The van der Waals surface area contributed by atoms with Crippen LogP contribution in [-0.4, -0.2) is 7.11 Å². The Bertz CT molecular complexity index is 299. The van der Waals surface area contributed by atoms with Gasteiger partial charge in [0.25, 0.3) is 0 Å². The molecular weight excluding hydrogens is 160 g/mol. The minimum atomic E-state index is 0.577. The average molecular weight is 167 g/mol. The van der Waals surface area contributed by atoms with Gasteiger partial charge >= 0.3 is 0 Å². The van der Waals surface area contributed by atoms with Crippen LogP contribution in [-0.2, 0) is 0 Å². The fraction of sp³-hybridized carbons (Fsp3) is 0.111. The highest BCUT2D eigenvalue weighted by Gasteiger charge is 1.97. The Morgan fingerprint density at radius 3 is 2.82 bits per heavy atom. The summed E-state index contributed by atoms with van der Waals surface area (Å²) in [6.07, 6.45) is 5.18. The van der Waals surface area contributed by atoms with Gasteiger partial charge in [-0.25, -0.2) is 0 Å². The number of hydrogen-bond donors (Lipinski definition) is 0. The smallest absolute Gasteiger partial charge is 0.120 e. The van der Waals surface area contributed by atoms with Crippen LogP contribution < -0.4 is 4.74 Å². The summed E-state index contributed by atoms with van der Waals surface area (Å²) in [5.74, 6) is 3.18. The second-order valence-electron chi connectivity index (χ2n) is 1.99. The third-order valence-electron chi connectivity index (χ3n) is 1.33. The van der Waals surface area contributed by atoms with Gasteiger partial charge in [0.2, 0.25) is 0 Å². The van der Waals surface area contributed by atoms with Crippen LogP contribution in [0.2, 0.25) is 5.02 Å². The number of ether oxygens (including phenoxy) is 1. The van der Waals surface area contributed by atoms with Crippen molar-refractivity contribution in [2.24, 2.45) is 0 Å². The van der Waals surface area contributed by atoms with Crippen LogP contribution >= 0.6 is 11.6 Å². The van der Waals surface area contributed by atoms with E-state index < -0.39 is 0 Å². The Morgan fingerprint density at radius 2 is 2.27 bits per heavy atom. The van der Waals surface area contributed by atoms with E-state index in [1.54, 1.807) is 25.3 Å². The maximum absolute atomic E-state index is 5.76. The number of terminal acetylenes is 1. The molecule has 0 atom stereocenters. The van der Waals surface area contributed by atoms with Crippen LogP contribution in [0.1, 0.15) is 5.56 Å². The van der Waals surface area contributed by atoms with Crippen LogP contribution in [0.15, 0.2) is 18.2 Å². The number of hydrogen-bond acceptors (Lipinski definition) is 1. The molecule has 0 aromatic heterocycles. The van der Waals surface area contributed by atoms with E-state index in [-0.39, 0.29) is 0 Å². The fourth-order valence-corrected chi connectivity index (χ4v) is 0.914. The van der Waals surface area contributed by atoms with Crippen molar-refractivity contribution < 1.29 is 4.74 Å². The Labute approximate surface area is 70.9 Å². The minimum Gasteiger partial charge on any atom is -0.497 e. The van der Waals surface area contributed by atoms with E-state index in [1.165, 1.54) is 0 Å². The van der Waals surface area contributed by atoms with Crippen LogP contribution in [0.5, 0.6) is 5.75 Å². The van der Waals surface area contributed by atoms with Gasteiger partial charge < -0.3 is 4.74 Å². The molecule has 0 saturated heterocycles. The van der Waals surface area contributed by atoms with Gasteiger partial charge in [-0.15, -0.1) is 6.42 Å². The summed E-state index contributed by atoms with van der Waals surface area (Å²) in [5, 5.41) is 0.577. The van der Waals surface area contributed by atoms with Crippen molar-refractivity contribution in [3.05, 3.63) is 28.8 Å². The molecule has 0 bridgehead atoms. The topological polar surface area (TPSA) is 9.23 Å². The lowest BCUT2D eigenvalue weighted by molar-refractivity contribution is 0.414. The maximum Gasteiger partial charge on any atom is 0.120 e. The lowest BCUT2D eigenvalue weighted by Gasteiger charge is -2.00. The third kappa shape index (κ3) is 1.66. The Morgan fingerprint density at radius 1 is 1.55 bits per heavy atom. The second-order valence-corrected chi connectivity index (χ2v) is 2.40. The number of rotatable bonds is 1.